The second-order valence-corrected chi connectivity index (χ2v) is 8.13. The van der Waals surface area contributed by atoms with Gasteiger partial charge in [0.15, 0.2) is 5.01 Å². The molecule has 1 atom stereocenters. The maximum atomic E-state index is 12.6. The summed E-state index contributed by atoms with van der Waals surface area (Å²) in [6, 6.07) is 7.67. The van der Waals surface area contributed by atoms with Crippen LogP contribution in [0.2, 0.25) is 0 Å². The molecule has 146 valence electrons. The molecule has 1 saturated heterocycles. The molecular formula is C20H22N4O3S. The number of aromatic nitrogens is 2. The van der Waals surface area contributed by atoms with E-state index in [0.717, 1.165) is 27.2 Å². The molecule has 0 bridgehead atoms. The first-order chi connectivity index (χ1) is 13.5. The van der Waals surface area contributed by atoms with Gasteiger partial charge in [-0.3, -0.25) is 9.59 Å². The summed E-state index contributed by atoms with van der Waals surface area (Å²) in [5.41, 5.74) is 2.61. The molecule has 1 aliphatic rings. The average Bonchev–Trinajstić information content (AvgIpc) is 3.21. The molecule has 4 rings (SSSR count). The Morgan fingerprint density at radius 3 is 2.89 bits per heavy atom. The van der Waals surface area contributed by atoms with Gasteiger partial charge in [-0.25, -0.2) is 4.98 Å². The van der Waals surface area contributed by atoms with Crippen molar-refractivity contribution in [3.63, 3.8) is 0 Å². The lowest BCUT2D eigenvalue weighted by molar-refractivity contribution is -0.131. The number of hydrogen-bond acceptors (Lipinski definition) is 6. The number of likely N-dealkylation sites (tertiary alicyclic amines) is 1. The zero-order valence-electron chi connectivity index (χ0n) is 15.9. The van der Waals surface area contributed by atoms with Crippen molar-refractivity contribution < 1.29 is 14.1 Å². The number of carbonyl (C=O) groups is 2. The first-order valence-electron chi connectivity index (χ1n) is 9.37. The van der Waals surface area contributed by atoms with Gasteiger partial charge in [-0.2, -0.15) is 0 Å². The molecule has 7 nitrogen and oxygen atoms in total. The summed E-state index contributed by atoms with van der Waals surface area (Å²) in [5, 5.41) is 7.48. The van der Waals surface area contributed by atoms with Gasteiger partial charge in [-0.1, -0.05) is 17.3 Å². The van der Waals surface area contributed by atoms with Crippen LogP contribution < -0.4 is 5.32 Å². The fraction of sp³-hybridized carbons (Fsp3) is 0.400. The van der Waals surface area contributed by atoms with Crippen LogP contribution >= 0.6 is 11.3 Å². The van der Waals surface area contributed by atoms with Gasteiger partial charge in [-0.15, -0.1) is 11.3 Å². The predicted octanol–water partition coefficient (Wildman–Crippen LogP) is 3.21. The second kappa shape index (κ2) is 7.71. The minimum Gasteiger partial charge on any atom is -0.361 e. The van der Waals surface area contributed by atoms with E-state index in [2.05, 4.69) is 15.5 Å². The Morgan fingerprint density at radius 1 is 1.32 bits per heavy atom. The van der Waals surface area contributed by atoms with Gasteiger partial charge in [0.1, 0.15) is 5.76 Å². The van der Waals surface area contributed by atoms with Gasteiger partial charge in [0.25, 0.3) is 5.91 Å². The molecule has 3 heterocycles. The lowest BCUT2D eigenvalue weighted by atomic mass is 10.1. The van der Waals surface area contributed by atoms with E-state index >= 15 is 0 Å². The van der Waals surface area contributed by atoms with Crippen LogP contribution in [-0.2, 0) is 11.3 Å². The van der Waals surface area contributed by atoms with E-state index < -0.39 is 0 Å². The van der Waals surface area contributed by atoms with Gasteiger partial charge < -0.3 is 14.7 Å². The zero-order chi connectivity index (χ0) is 19.7. The van der Waals surface area contributed by atoms with E-state index in [9.17, 15) is 9.59 Å². The van der Waals surface area contributed by atoms with Crippen molar-refractivity contribution >= 4 is 33.4 Å². The highest BCUT2D eigenvalue weighted by Gasteiger charge is 2.26. The van der Waals surface area contributed by atoms with E-state index in [1.165, 1.54) is 11.3 Å². The van der Waals surface area contributed by atoms with Crippen LogP contribution in [0.5, 0.6) is 0 Å². The van der Waals surface area contributed by atoms with Crippen LogP contribution in [0.1, 0.15) is 46.1 Å². The van der Waals surface area contributed by atoms with Crippen LogP contribution in [0.4, 0.5) is 0 Å². The van der Waals surface area contributed by atoms with E-state index in [4.69, 9.17) is 4.52 Å². The Labute approximate surface area is 166 Å². The number of benzene rings is 1. The van der Waals surface area contributed by atoms with Crippen molar-refractivity contribution in [1.82, 2.24) is 20.4 Å². The summed E-state index contributed by atoms with van der Waals surface area (Å²) in [4.78, 5) is 31.4. The van der Waals surface area contributed by atoms with Gasteiger partial charge in [-0.05, 0) is 38.8 Å². The average molecular weight is 398 g/mol. The maximum Gasteiger partial charge on any atom is 0.280 e. The van der Waals surface area contributed by atoms with Crippen molar-refractivity contribution in [2.75, 3.05) is 6.54 Å². The molecule has 1 aromatic carbocycles. The molecule has 0 aliphatic carbocycles. The van der Waals surface area contributed by atoms with Crippen molar-refractivity contribution in [3.05, 3.63) is 46.3 Å². The smallest absolute Gasteiger partial charge is 0.280 e. The van der Waals surface area contributed by atoms with Gasteiger partial charge in [0.05, 0.1) is 22.5 Å². The predicted molar refractivity (Wildman–Crippen MR) is 106 cm³/mol. The minimum absolute atomic E-state index is 0.0434. The van der Waals surface area contributed by atoms with E-state index in [0.29, 0.717) is 37.4 Å². The number of hydrogen-bond donors (Lipinski definition) is 1. The normalized spacial score (nSPS) is 17.7. The number of para-hydroxylation sites is 1. The third-order valence-electron chi connectivity index (χ3n) is 5.16. The van der Waals surface area contributed by atoms with E-state index in [1.54, 1.807) is 0 Å². The fourth-order valence-corrected chi connectivity index (χ4v) is 4.35. The quantitative estimate of drug-likeness (QED) is 0.729. The van der Waals surface area contributed by atoms with Crippen LogP contribution in [0.3, 0.4) is 0 Å². The summed E-state index contributed by atoms with van der Waals surface area (Å²) < 4.78 is 6.19. The molecule has 2 amide bonds. The molecular weight excluding hydrogens is 376 g/mol. The number of fused-ring (bicyclic) bond motifs is 1. The highest BCUT2D eigenvalue weighted by Crippen LogP contribution is 2.23. The monoisotopic (exact) mass is 398 g/mol. The van der Waals surface area contributed by atoms with Crippen molar-refractivity contribution in [3.8, 4) is 0 Å². The summed E-state index contributed by atoms with van der Waals surface area (Å²) >= 11 is 1.39. The number of rotatable bonds is 4. The number of aryl methyl sites for hydroxylation is 2. The van der Waals surface area contributed by atoms with Gasteiger partial charge >= 0.3 is 0 Å². The van der Waals surface area contributed by atoms with Crippen LogP contribution in [0.15, 0.2) is 28.8 Å². The lowest BCUT2D eigenvalue weighted by Crippen LogP contribution is -2.35. The third-order valence-corrected chi connectivity index (χ3v) is 6.20. The number of amides is 2. The molecule has 8 heteroatoms. The molecule has 1 N–H and O–H groups in total. The lowest BCUT2D eigenvalue weighted by Gasteiger charge is -2.21. The summed E-state index contributed by atoms with van der Waals surface area (Å²) in [6.07, 6.45) is 1.76. The molecule has 1 aliphatic heterocycles. The molecule has 1 fully saturated rings. The SMILES string of the molecule is Cc1noc(C)c1CN1CCC(NC(=O)c2nc3ccccc3s2)CCC1=O. The molecule has 2 aromatic heterocycles. The molecule has 3 aromatic rings. The number of nitrogens with one attached hydrogen (secondary N) is 1. The Hall–Kier alpha value is -2.74. The summed E-state index contributed by atoms with van der Waals surface area (Å²) in [5.74, 6) is 0.671. The van der Waals surface area contributed by atoms with Crippen LogP contribution in [0, 0.1) is 13.8 Å². The van der Waals surface area contributed by atoms with Gasteiger partial charge in [0, 0.05) is 24.6 Å². The molecule has 28 heavy (non-hydrogen) atoms. The van der Waals surface area contributed by atoms with Crippen molar-refractivity contribution in [2.45, 2.75) is 45.7 Å². The third kappa shape index (κ3) is 3.77. The Bertz CT molecular complexity index is 973. The van der Waals surface area contributed by atoms with Gasteiger partial charge in [0.2, 0.25) is 5.91 Å². The van der Waals surface area contributed by atoms with Crippen LogP contribution in [-0.4, -0.2) is 39.4 Å². The largest absolute Gasteiger partial charge is 0.361 e. The Kier molecular flexibility index (Phi) is 5.13. The highest BCUT2D eigenvalue weighted by atomic mass is 32.1. The standard InChI is InChI=1S/C20H22N4O3S/c1-12-15(13(2)27-23-12)11-24-10-9-14(7-8-18(24)25)21-19(26)20-22-16-5-3-4-6-17(16)28-20/h3-6,14H,7-11H2,1-2H3,(H,21,26). The van der Waals surface area contributed by atoms with E-state index in [1.807, 2.05) is 43.0 Å². The topological polar surface area (TPSA) is 88.3 Å². The van der Waals surface area contributed by atoms with Crippen LogP contribution in [0.25, 0.3) is 10.2 Å². The van der Waals surface area contributed by atoms with Crippen molar-refractivity contribution in [1.29, 1.82) is 0 Å². The molecule has 1 unspecified atom stereocenters. The number of nitrogens with zero attached hydrogens (tertiary/aromatic N) is 3. The first-order valence-corrected chi connectivity index (χ1v) is 10.2. The number of thiazole rings is 1. The Morgan fingerprint density at radius 2 is 2.14 bits per heavy atom. The highest BCUT2D eigenvalue weighted by molar-refractivity contribution is 7.20. The number of carbonyl (C=O) groups excluding carboxylic acids is 2. The minimum atomic E-state index is -0.169. The Balaban J connectivity index is 1.40. The maximum absolute atomic E-state index is 12.6. The second-order valence-electron chi connectivity index (χ2n) is 7.10. The summed E-state index contributed by atoms with van der Waals surface area (Å²) in [7, 11) is 0. The molecule has 0 radical (unpaired) electrons. The first kappa shape index (κ1) is 18.6. The molecule has 0 spiro atoms. The van der Waals surface area contributed by atoms with Crippen molar-refractivity contribution in [2.24, 2.45) is 0 Å². The fourth-order valence-electron chi connectivity index (χ4n) is 3.48. The zero-order valence-corrected chi connectivity index (χ0v) is 16.7. The molecule has 0 saturated carbocycles. The summed E-state index contributed by atoms with van der Waals surface area (Å²) in [6.45, 7) is 4.83. The van der Waals surface area contributed by atoms with E-state index in [-0.39, 0.29) is 17.9 Å².